The number of carboxylic acid groups (broad SMARTS) is 2. The van der Waals surface area contributed by atoms with Crippen molar-refractivity contribution in [2.75, 3.05) is 13.1 Å². The van der Waals surface area contributed by atoms with Gasteiger partial charge in [-0.1, -0.05) is 13.8 Å². The fourth-order valence-electron chi connectivity index (χ4n) is 1.29. The van der Waals surface area contributed by atoms with Gasteiger partial charge in [0.05, 0.1) is 12.0 Å². The average molecular weight is 203 g/mol. The lowest BCUT2D eigenvalue weighted by Gasteiger charge is -2.26. The molecule has 0 rings (SSSR count). The Morgan fingerprint density at radius 1 is 1.21 bits per heavy atom. The van der Waals surface area contributed by atoms with Crippen LogP contribution in [-0.4, -0.2) is 35.2 Å². The number of hydrogen-bond donors (Lipinski definition) is 3. The lowest BCUT2D eigenvalue weighted by Crippen LogP contribution is -2.41. The summed E-state index contributed by atoms with van der Waals surface area (Å²) in [5.74, 6) is -1.85. The van der Waals surface area contributed by atoms with E-state index in [9.17, 15) is 9.59 Å². The quantitative estimate of drug-likeness (QED) is 0.562. The number of aliphatic carboxylic acids is 2. The van der Waals surface area contributed by atoms with Crippen molar-refractivity contribution in [3.63, 3.8) is 0 Å². The fraction of sp³-hybridized carbons (Fsp3) is 0.778. The summed E-state index contributed by atoms with van der Waals surface area (Å²) in [4.78, 5) is 21.2. The number of rotatable bonds is 7. The van der Waals surface area contributed by atoms with Gasteiger partial charge in [-0.2, -0.15) is 0 Å². The SMILES string of the molecule is CCC(CC)(CNCC(=O)O)C(=O)O. The third-order valence-electron chi connectivity index (χ3n) is 2.55. The molecule has 14 heavy (non-hydrogen) atoms. The van der Waals surface area contributed by atoms with Crippen molar-refractivity contribution < 1.29 is 19.8 Å². The fourth-order valence-corrected chi connectivity index (χ4v) is 1.29. The molecule has 82 valence electrons. The lowest BCUT2D eigenvalue weighted by atomic mass is 9.82. The largest absolute Gasteiger partial charge is 0.481 e. The maximum Gasteiger partial charge on any atom is 0.317 e. The first-order valence-electron chi connectivity index (χ1n) is 4.64. The maximum atomic E-state index is 11.0. The molecule has 0 radical (unpaired) electrons. The second-order valence-corrected chi connectivity index (χ2v) is 3.29. The molecule has 0 aromatic rings. The zero-order chi connectivity index (χ0) is 11.2. The predicted molar refractivity (Wildman–Crippen MR) is 51.2 cm³/mol. The Morgan fingerprint density at radius 3 is 2.00 bits per heavy atom. The summed E-state index contributed by atoms with van der Waals surface area (Å²) in [6, 6.07) is 0. The number of hydrogen-bond acceptors (Lipinski definition) is 3. The highest BCUT2D eigenvalue weighted by molar-refractivity contribution is 5.75. The smallest absolute Gasteiger partial charge is 0.317 e. The summed E-state index contributed by atoms with van der Waals surface area (Å²) in [6.45, 7) is 3.58. The molecule has 5 nitrogen and oxygen atoms in total. The minimum Gasteiger partial charge on any atom is -0.481 e. The maximum absolute atomic E-state index is 11.0. The van der Waals surface area contributed by atoms with Crippen LogP contribution in [0.3, 0.4) is 0 Å². The van der Waals surface area contributed by atoms with E-state index in [2.05, 4.69) is 5.32 Å². The Hall–Kier alpha value is -1.10. The highest BCUT2D eigenvalue weighted by Gasteiger charge is 2.34. The molecule has 0 fully saturated rings. The van der Waals surface area contributed by atoms with Crippen LogP contribution in [0.4, 0.5) is 0 Å². The van der Waals surface area contributed by atoms with E-state index < -0.39 is 17.4 Å². The minimum absolute atomic E-state index is 0.196. The van der Waals surface area contributed by atoms with Gasteiger partial charge in [-0.25, -0.2) is 0 Å². The van der Waals surface area contributed by atoms with Crippen molar-refractivity contribution in [1.29, 1.82) is 0 Å². The van der Waals surface area contributed by atoms with Crippen molar-refractivity contribution in [3.05, 3.63) is 0 Å². The van der Waals surface area contributed by atoms with Crippen LogP contribution >= 0.6 is 0 Å². The van der Waals surface area contributed by atoms with E-state index in [0.717, 1.165) is 0 Å². The van der Waals surface area contributed by atoms with Gasteiger partial charge in [0, 0.05) is 6.54 Å². The molecular weight excluding hydrogens is 186 g/mol. The summed E-state index contributed by atoms with van der Waals surface area (Å²) in [5.41, 5.74) is -0.838. The highest BCUT2D eigenvalue weighted by atomic mass is 16.4. The summed E-state index contributed by atoms with van der Waals surface area (Å²) in [6.07, 6.45) is 0.983. The van der Waals surface area contributed by atoms with E-state index in [4.69, 9.17) is 10.2 Å². The molecule has 0 spiro atoms. The van der Waals surface area contributed by atoms with Gasteiger partial charge in [0.1, 0.15) is 0 Å². The van der Waals surface area contributed by atoms with Gasteiger partial charge < -0.3 is 15.5 Å². The van der Waals surface area contributed by atoms with Gasteiger partial charge >= 0.3 is 11.9 Å². The molecule has 0 saturated heterocycles. The van der Waals surface area contributed by atoms with E-state index in [-0.39, 0.29) is 13.1 Å². The molecule has 0 aromatic carbocycles. The van der Waals surface area contributed by atoms with E-state index >= 15 is 0 Å². The Kier molecular flexibility index (Phi) is 5.15. The van der Waals surface area contributed by atoms with Crippen LogP contribution < -0.4 is 5.32 Å². The normalized spacial score (nSPS) is 11.3. The van der Waals surface area contributed by atoms with Crippen molar-refractivity contribution in [1.82, 2.24) is 5.32 Å². The minimum atomic E-state index is -0.975. The molecule has 0 bridgehead atoms. The second-order valence-electron chi connectivity index (χ2n) is 3.29. The van der Waals surface area contributed by atoms with Gasteiger partial charge in [0.15, 0.2) is 0 Å². The number of carbonyl (C=O) groups is 2. The van der Waals surface area contributed by atoms with E-state index in [1.165, 1.54) is 0 Å². The summed E-state index contributed by atoms with van der Waals surface area (Å²) in [5, 5.41) is 20.0. The Balaban J connectivity index is 4.22. The Bertz CT molecular complexity index is 211. The van der Waals surface area contributed by atoms with Gasteiger partial charge in [0.25, 0.3) is 0 Å². The molecule has 0 atom stereocenters. The van der Waals surface area contributed by atoms with Gasteiger partial charge in [-0.05, 0) is 12.8 Å². The van der Waals surface area contributed by atoms with Gasteiger partial charge in [0.2, 0.25) is 0 Å². The van der Waals surface area contributed by atoms with E-state index in [1.54, 1.807) is 13.8 Å². The van der Waals surface area contributed by atoms with Crippen LogP contribution in [0.25, 0.3) is 0 Å². The molecule has 3 N–H and O–H groups in total. The Labute approximate surface area is 83.1 Å². The molecular formula is C9H17NO4. The van der Waals surface area contributed by atoms with Gasteiger partial charge in [-0.3, -0.25) is 9.59 Å². The first-order valence-corrected chi connectivity index (χ1v) is 4.64. The summed E-state index contributed by atoms with van der Waals surface area (Å²) < 4.78 is 0. The molecule has 0 aliphatic heterocycles. The molecule has 0 heterocycles. The van der Waals surface area contributed by atoms with E-state index in [1.807, 2.05) is 0 Å². The molecule has 0 saturated carbocycles. The monoisotopic (exact) mass is 203 g/mol. The third kappa shape index (κ3) is 3.33. The molecule has 0 aliphatic carbocycles. The molecule has 0 aromatic heterocycles. The average Bonchev–Trinajstić information content (AvgIpc) is 2.12. The van der Waals surface area contributed by atoms with Crippen molar-refractivity contribution >= 4 is 11.9 Å². The zero-order valence-corrected chi connectivity index (χ0v) is 8.54. The van der Waals surface area contributed by atoms with Crippen LogP contribution in [0.15, 0.2) is 0 Å². The van der Waals surface area contributed by atoms with Crippen LogP contribution in [0.1, 0.15) is 26.7 Å². The van der Waals surface area contributed by atoms with Crippen molar-refractivity contribution in [2.45, 2.75) is 26.7 Å². The van der Waals surface area contributed by atoms with Crippen molar-refractivity contribution in [3.8, 4) is 0 Å². The number of nitrogens with one attached hydrogen (secondary N) is 1. The third-order valence-corrected chi connectivity index (χ3v) is 2.55. The molecule has 0 unspecified atom stereocenters. The molecule has 0 amide bonds. The predicted octanol–water partition coefficient (Wildman–Crippen LogP) is 0.552. The molecule has 5 heteroatoms. The highest BCUT2D eigenvalue weighted by Crippen LogP contribution is 2.25. The van der Waals surface area contributed by atoms with Crippen molar-refractivity contribution in [2.24, 2.45) is 5.41 Å². The standard InChI is InChI=1S/C9H17NO4/c1-3-9(4-2,8(13)14)6-10-5-7(11)12/h10H,3-6H2,1-2H3,(H,11,12)(H,13,14). The lowest BCUT2D eigenvalue weighted by molar-refractivity contribution is -0.149. The van der Waals surface area contributed by atoms with Crippen LogP contribution in [0.2, 0.25) is 0 Å². The summed E-state index contributed by atoms with van der Waals surface area (Å²) >= 11 is 0. The first-order chi connectivity index (χ1) is 6.48. The van der Waals surface area contributed by atoms with Crippen LogP contribution in [-0.2, 0) is 9.59 Å². The van der Waals surface area contributed by atoms with E-state index in [0.29, 0.717) is 12.8 Å². The number of carboxylic acids is 2. The second kappa shape index (κ2) is 5.59. The van der Waals surface area contributed by atoms with Crippen LogP contribution in [0.5, 0.6) is 0 Å². The topological polar surface area (TPSA) is 86.6 Å². The zero-order valence-electron chi connectivity index (χ0n) is 8.54. The summed E-state index contributed by atoms with van der Waals surface area (Å²) in [7, 11) is 0. The van der Waals surface area contributed by atoms with Crippen LogP contribution in [0, 0.1) is 5.41 Å². The van der Waals surface area contributed by atoms with Gasteiger partial charge in [-0.15, -0.1) is 0 Å². The molecule has 0 aliphatic rings. The first kappa shape index (κ1) is 12.9. The Morgan fingerprint density at radius 2 is 1.71 bits per heavy atom.